The maximum Gasteiger partial charge on any atom is 0.325 e. The molecule has 0 aromatic carbocycles. The average molecular weight is 184 g/mol. The lowest BCUT2D eigenvalue weighted by atomic mass is 10.0. The molecule has 0 radical (unpaired) electrons. The number of carboxylic acids is 1. The number of likely N-dealkylation sites (tertiary alicyclic amines) is 1. The van der Waals surface area contributed by atoms with Gasteiger partial charge in [-0.15, -0.1) is 0 Å². The minimum Gasteiger partial charge on any atom is -0.480 e. The van der Waals surface area contributed by atoms with E-state index in [9.17, 15) is 4.79 Å². The molecule has 1 unspecified atom stereocenters. The van der Waals surface area contributed by atoms with E-state index in [1.807, 2.05) is 0 Å². The van der Waals surface area contributed by atoms with Crippen LogP contribution in [0.2, 0.25) is 0 Å². The van der Waals surface area contributed by atoms with Gasteiger partial charge in [-0.2, -0.15) is 0 Å². The second kappa shape index (κ2) is 2.96. The summed E-state index contributed by atoms with van der Waals surface area (Å²) in [6, 6.07) is 0. The van der Waals surface area contributed by atoms with Crippen LogP contribution in [0.4, 0.5) is 0 Å². The van der Waals surface area contributed by atoms with Gasteiger partial charge in [-0.25, -0.2) is 0 Å². The molecule has 1 saturated heterocycles. The van der Waals surface area contributed by atoms with Gasteiger partial charge in [-0.05, 0) is 25.2 Å². The van der Waals surface area contributed by atoms with Crippen LogP contribution in [-0.4, -0.2) is 41.1 Å². The fraction of sp³-hybridized carbons (Fsp3) is 0.889. The lowest BCUT2D eigenvalue weighted by molar-refractivity contribution is -0.142. The van der Waals surface area contributed by atoms with E-state index in [1.54, 1.807) is 0 Å². The Kier molecular flexibility index (Phi) is 2.04. The standard InChI is InChI=1S/C9H16N2O2/c10-9(8(12)13)3-4-11(6-9)5-7-1-2-7/h7H,1-6,10H2,(H,12,13). The van der Waals surface area contributed by atoms with Crippen molar-refractivity contribution < 1.29 is 9.90 Å². The first-order valence-corrected chi connectivity index (χ1v) is 4.85. The predicted molar refractivity (Wildman–Crippen MR) is 48.3 cm³/mol. The summed E-state index contributed by atoms with van der Waals surface area (Å²) in [5.41, 5.74) is 4.77. The van der Waals surface area contributed by atoms with Crippen molar-refractivity contribution in [2.45, 2.75) is 24.8 Å². The van der Waals surface area contributed by atoms with Crippen LogP contribution in [0.5, 0.6) is 0 Å². The van der Waals surface area contributed by atoms with Crippen molar-refractivity contribution >= 4 is 5.97 Å². The van der Waals surface area contributed by atoms with Crippen LogP contribution >= 0.6 is 0 Å². The lowest BCUT2D eigenvalue weighted by Gasteiger charge is -2.19. The quantitative estimate of drug-likeness (QED) is 0.642. The predicted octanol–water partition coefficient (Wildman–Crippen LogP) is -0.116. The van der Waals surface area contributed by atoms with E-state index in [2.05, 4.69) is 4.90 Å². The molecular weight excluding hydrogens is 168 g/mol. The largest absolute Gasteiger partial charge is 0.480 e. The highest BCUT2D eigenvalue weighted by Gasteiger charge is 2.42. The van der Waals surface area contributed by atoms with Gasteiger partial charge in [0, 0.05) is 19.6 Å². The fourth-order valence-corrected chi connectivity index (χ4v) is 1.91. The van der Waals surface area contributed by atoms with E-state index < -0.39 is 11.5 Å². The van der Waals surface area contributed by atoms with Gasteiger partial charge < -0.3 is 15.7 Å². The third-order valence-corrected chi connectivity index (χ3v) is 3.02. The molecule has 0 aromatic heterocycles. The van der Waals surface area contributed by atoms with Crippen molar-refractivity contribution in [1.82, 2.24) is 4.90 Å². The SMILES string of the molecule is NC1(C(=O)O)CCN(CC2CC2)C1. The maximum atomic E-state index is 10.8. The molecule has 4 nitrogen and oxygen atoms in total. The molecule has 0 aromatic rings. The molecule has 0 spiro atoms. The van der Waals surface area contributed by atoms with E-state index >= 15 is 0 Å². The molecule has 2 aliphatic rings. The zero-order valence-electron chi connectivity index (χ0n) is 7.70. The smallest absolute Gasteiger partial charge is 0.325 e. The number of carbonyl (C=O) groups is 1. The molecule has 74 valence electrons. The van der Waals surface area contributed by atoms with Crippen molar-refractivity contribution in [3.05, 3.63) is 0 Å². The molecule has 0 bridgehead atoms. The Hall–Kier alpha value is -0.610. The van der Waals surface area contributed by atoms with E-state index in [4.69, 9.17) is 10.8 Å². The van der Waals surface area contributed by atoms with Crippen molar-refractivity contribution in [2.75, 3.05) is 19.6 Å². The molecule has 1 aliphatic heterocycles. The Morgan fingerprint density at radius 1 is 1.62 bits per heavy atom. The fourth-order valence-electron chi connectivity index (χ4n) is 1.91. The zero-order valence-corrected chi connectivity index (χ0v) is 7.70. The van der Waals surface area contributed by atoms with Crippen molar-refractivity contribution in [2.24, 2.45) is 11.7 Å². The van der Waals surface area contributed by atoms with E-state index in [1.165, 1.54) is 12.8 Å². The topological polar surface area (TPSA) is 66.6 Å². The maximum absolute atomic E-state index is 10.8. The second-order valence-corrected chi connectivity index (χ2v) is 4.39. The first-order chi connectivity index (χ1) is 6.10. The molecule has 1 atom stereocenters. The normalized spacial score (nSPS) is 35.2. The molecule has 13 heavy (non-hydrogen) atoms. The van der Waals surface area contributed by atoms with Crippen LogP contribution in [0.25, 0.3) is 0 Å². The Balaban J connectivity index is 1.88. The minimum atomic E-state index is -0.977. The Morgan fingerprint density at radius 2 is 2.31 bits per heavy atom. The van der Waals surface area contributed by atoms with E-state index in [-0.39, 0.29) is 0 Å². The molecular formula is C9H16N2O2. The Morgan fingerprint density at radius 3 is 2.77 bits per heavy atom. The van der Waals surface area contributed by atoms with Gasteiger partial charge in [0.1, 0.15) is 5.54 Å². The molecule has 2 fully saturated rings. The average Bonchev–Trinajstić information content (AvgIpc) is 2.76. The third-order valence-electron chi connectivity index (χ3n) is 3.02. The summed E-state index contributed by atoms with van der Waals surface area (Å²) in [5.74, 6) is -0.0399. The number of rotatable bonds is 3. The number of aliphatic carboxylic acids is 1. The van der Waals surface area contributed by atoms with E-state index in [0.29, 0.717) is 13.0 Å². The highest BCUT2D eigenvalue weighted by molar-refractivity contribution is 5.79. The van der Waals surface area contributed by atoms with Crippen molar-refractivity contribution in [3.63, 3.8) is 0 Å². The Labute approximate surface area is 77.7 Å². The van der Waals surface area contributed by atoms with Crippen LogP contribution in [0.1, 0.15) is 19.3 Å². The lowest BCUT2D eigenvalue weighted by Crippen LogP contribution is -2.50. The van der Waals surface area contributed by atoms with Gasteiger partial charge in [0.25, 0.3) is 0 Å². The Bertz CT molecular complexity index is 228. The summed E-state index contributed by atoms with van der Waals surface area (Å²) >= 11 is 0. The van der Waals surface area contributed by atoms with Gasteiger partial charge in [-0.1, -0.05) is 0 Å². The first-order valence-electron chi connectivity index (χ1n) is 4.85. The molecule has 0 amide bonds. The van der Waals surface area contributed by atoms with Gasteiger partial charge >= 0.3 is 5.97 Å². The molecule has 2 rings (SSSR count). The number of nitrogens with two attached hydrogens (primary N) is 1. The summed E-state index contributed by atoms with van der Waals surface area (Å²) in [4.78, 5) is 13.0. The van der Waals surface area contributed by atoms with Gasteiger partial charge in [-0.3, -0.25) is 4.79 Å². The second-order valence-electron chi connectivity index (χ2n) is 4.39. The van der Waals surface area contributed by atoms with E-state index in [0.717, 1.165) is 19.0 Å². The minimum absolute atomic E-state index is 0.527. The third kappa shape index (κ3) is 1.84. The van der Waals surface area contributed by atoms with Crippen molar-refractivity contribution in [1.29, 1.82) is 0 Å². The first kappa shape index (κ1) is 8.97. The molecule has 4 heteroatoms. The summed E-state index contributed by atoms with van der Waals surface area (Å²) < 4.78 is 0. The van der Waals surface area contributed by atoms with Crippen LogP contribution in [0.15, 0.2) is 0 Å². The van der Waals surface area contributed by atoms with Crippen LogP contribution in [0, 0.1) is 5.92 Å². The number of hydrogen-bond donors (Lipinski definition) is 2. The highest BCUT2D eigenvalue weighted by Crippen LogP contribution is 2.31. The van der Waals surface area contributed by atoms with Crippen LogP contribution in [0.3, 0.4) is 0 Å². The summed E-state index contributed by atoms with van der Waals surface area (Å²) in [6.07, 6.45) is 3.21. The van der Waals surface area contributed by atoms with Crippen molar-refractivity contribution in [3.8, 4) is 0 Å². The summed E-state index contributed by atoms with van der Waals surface area (Å²) in [7, 11) is 0. The molecule has 1 heterocycles. The van der Waals surface area contributed by atoms with Crippen LogP contribution < -0.4 is 5.73 Å². The molecule has 1 aliphatic carbocycles. The number of nitrogens with zero attached hydrogens (tertiary/aromatic N) is 1. The molecule has 3 N–H and O–H groups in total. The van der Waals surface area contributed by atoms with Gasteiger partial charge in [0.05, 0.1) is 0 Å². The number of carboxylic acid groups (broad SMARTS) is 1. The van der Waals surface area contributed by atoms with Crippen LogP contribution in [-0.2, 0) is 4.79 Å². The zero-order chi connectivity index (χ0) is 9.47. The monoisotopic (exact) mass is 184 g/mol. The van der Waals surface area contributed by atoms with Gasteiger partial charge in [0.2, 0.25) is 0 Å². The summed E-state index contributed by atoms with van der Waals surface area (Å²) in [6.45, 7) is 2.42. The highest BCUT2D eigenvalue weighted by atomic mass is 16.4. The van der Waals surface area contributed by atoms with Gasteiger partial charge in [0.15, 0.2) is 0 Å². The molecule has 1 saturated carbocycles. The summed E-state index contributed by atoms with van der Waals surface area (Å²) in [5, 5.41) is 8.89. The number of hydrogen-bond acceptors (Lipinski definition) is 3.